The number of carbonyl (C=O) groups is 1. The Kier molecular flexibility index (Phi) is 6.07. The van der Waals surface area contributed by atoms with E-state index < -0.39 is 10.0 Å². The number of carbonyl (C=O) groups excluding carboxylic acids is 1. The van der Waals surface area contributed by atoms with Crippen molar-refractivity contribution in [2.45, 2.75) is 81.6 Å². The van der Waals surface area contributed by atoms with Crippen LogP contribution in [-0.4, -0.2) is 37.8 Å². The lowest BCUT2D eigenvalue weighted by atomic mass is 9.92. The first-order valence-corrected chi connectivity index (χ1v) is 12.4. The van der Waals surface area contributed by atoms with E-state index in [0.29, 0.717) is 36.9 Å². The van der Waals surface area contributed by atoms with E-state index in [4.69, 9.17) is 0 Å². The molecule has 1 aromatic rings. The molecule has 6 heteroatoms. The second-order valence-electron chi connectivity index (χ2n) is 8.66. The molecule has 1 saturated carbocycles. The minimum Gasteiger partial charge on any atom is -0.353 e. The average molecular weight is 405 g/mol. The van der Waals surface area contributed by atoms with E-state index in [1.807, 2.05) is 12.1 Å². The molecule has 0 spiro atoms. The fraction of sp³-hybridized carbons (Fsp3) is 0.682. The van der Waals surface area contributed by atoms with Gasteiger partial charge in [-0.2, -0.15) is 4.31 Å². The van der Waals surface area contributed by atoms with Gasteiger partial charge >= 0.3 is 0 Å². The first kappa shape index (κ1) is 19.9. The van der Waals surface area contributed by atoms with Crippen LogP contribution in [0.5, 0.6) is 0 Å². The van der Waals surface area contributed by atoms with Crippen LogP contribution in [0.1, 0.15) is 68.9 Å². The van der Waals surface area contributed by atoms with Gasteiger partial charge in [0.2, 0.25) is 15.9 Å². The third-order valence-electron chi connectivity index (χ3n) is 6.73. The van der Waals surface area contributed by atoms with Crippen LogP contribution in [0.3, 0.4) is 0 Å². The topological polar surface area (TPSA) is 66.5 Å². The maximum atomic E-state index is 13.1. The molecule has 5 nitrogen and oxygen atoms in total. The van der Waals surface area contributed by atoms with Gasteiger partial charge in [-0.1, -0.05) is 25.3 Å². The zero-order valence-electron chi connectivity index (χ0n) is 16.7. The predicted octanol–water partition coefficient (Wildman–Crippen LogP) is 3.42. The summed E-state index contributed by atoms with van der Waals surface area (Å²) in [6.45, 7) is 0.865. The number of benzene rings is 1. The molecule has 1 aromatic carbocycles. The highest BCUT2D eigenvalue weighted by molar-refractivity contribution is 7.89. The third-order valence-corrected chi connectivity index (χ3v) is 8.63. The summed E-state index contributed by atoms with van der Waals surface area (Å²) in [5.74, 6) is 0.0645. The minimum atomic E-state index is -3.47. The van der Waals surface area contributed by atoms with Gasteiger partial charge in [-0.25, -0.2) is 8.42 Å². The Morgan fingerprint density at radius 3 is 2.29 bits per heavy atom. The number of amides is 1. The predicted molar refractivity (Wildman–Crippen MR) is 110 cm³/mol. The van der Waals surface area contributed by atoms with Gasteiger partial charge in [0.15, 0.2) is 0 Å². The summed E-state index contributed by atoms with van der Waals surface area (Å²) in [5, 5.41) is 3.20. The molecule has 0 atom stereocenters. The molecular formula is C22H32N2O3S. The Morgan fingerprint density at radius 1 is 0.893 bits per heavy atom. The Bertz CT molecular complexity index is 807. The van der Waals surface area contributed by atoms with Gasteiger partial charge in [0.05, 0.1) is 4.90 Å². The standard InChI is InChI=1S/C22H32N2O3S/c25-22(23-20-8-2-1-3-9-20)18-12-14-24(15-13-18)28(26,27)21-11-10-17-6-4-5-7-19(17)16-21/h10-11,16,18,20H,1-9,12-15H2,(H,23,25). The van der Waals surface area contributed by atoms with E-state index in [2.05, 4.69) is 5.32 Å². The average Bonchev–Trinajstić information content (AvgIpc) is 2.74. The minimum absolute atomic E-state index is 0.0584. The van der Waals surface area contributed by atoms with Crippen molar-refractivity contribution in [3.05, 3.63) is 29.3 Å². The van der Waals surface area contributed by atoms with Gasteiger partial charge in [0.25, 0.3) is 0 Å². The molecule has 4 rings (SSSR count). The fourth-order valence-electron chi connectivity index (χ4n) is 4.94. The third kappa shape index (κ3) is 4.28. The molecule has 0 bridgehead atoms. The Balaban J connectivity index is 1.36. The molecule has 0 aromatic heterocycles. The zero-order valence-corrected chi connectivity index (χ0v) is 17.5. The van der Waals surface area contributed by atoms with Crippen LogP contribution in [0, 0.1) is 5.92 Å². The molecule has 2 aliphatic carbocycles. The van der Waals surface area contributed by atoms with Crippen molar-refractivity contribution >= 4 is 15.9 Å². The molecule has 1 aliphatic heterocycles. The number of sulfonamides is 1. The smallest absolute Gasteiger partial charge is 0.243 e. The van der Waals surface area contributed by atoms with Crippen LogP contribution in [0.4, 0.5) is 0 Å². The van der Waals surface area contributed by atoms with Crippen molar-refractivity contribution in [3.63, 3.8) is 0 Å². The summed E-state index contributed by atoms with van der Waals surface area (Å²) >= 11 is 0. The molecule has 1 N–H and O–H groups in total. The van der Waals surface area contributed by atoms with Crippen molar-refractivity contribution < 1.29 is 13.2 Å². The van der Waals surface area contributed by atoms with E-state index >= 15 is 0 Å². The van der Waals surface area contributed by atoms with Gasteiger partial charge in [0, 0.05) is 25.0 Å². The Labute approximate surface area is 168 Å². The van der Waals surface area contributed by atoms with Crippen LogP contribution in [-0.2, 0) is 27.7 Å². The van der Waals surface area contributed by atoms with Crippen LogP contribution < -0.4 is 5.32 Å². The second kappa shape index (κ2) is 8.54. The maximum Gasteiger partial charge on any atom is 0.243 e. The van der Waals surface area contributed by atoms with Crippen molar-refractivity contribution in [1.82, 2.24) is 9.62 Å². The monoisotopic (exact) mass is 404 g/mol. The Hall–Kier alpha value is -1.40. The number of nitrogens with zero attached hydrogens (tertiary/aromatic N) is 1. The molecule has 2 fully saturated rings. The first-order valence-electron chi connectivity index (χ1n) is 11.0. The highest BCUT2D eigenvalue weighted by Crippen LogP contribution is 2.28. The first-order chi connectivity index (χ1) is 13.5. The fourth-order valence-corrected chi connectivity index (χ4v) is 6.46. The highest BCUT2D eigenvalue weighted by Gasteiger charge is 2.33. The zero-order chi connectivity index (χ0) is 19.6. The highest BCUT2D eigenvalue weighted by atomic mass is 32.2. The van der Waals surface area contributed by atoms with Gasteiger partial charge in [-0.15, -0.1) is 0 Å². The molecular weight excluding hydrogens is 372 g/mol. The van der Waals surface area contributed by atoms with Crippen molar-refractivity contribution in [2.24, 2.45) is 5.92 Å². The number of hydrogen-bond acceptors (Lipinski definition) is 3. The number of fused-ring (bicyclic) bond motifs is 1. The van der Waals surface area contributed by atoms with Crippen LogP contribution in [0.25, 0.3) is 0 Å². The quantitative estimate of drug-likeness (QED) is 0.836. The van der Waals surface area contributed by atoms with Crippen molar-refractivity contribution in [3.8, 4) is 0 Å². The number of piperidine rings is 1. The van der Waals surface area contributed by atoms with Gasteiger partial charge in [-0.05, 0) is 74.6 Å². The largest absolute Gasteiger partial charge is 0.353 e. The van der Waals surface area contributed by atoms with Gasteiger partial charge in [-0.3, -0.25) is 4.79 Å². The number of aryl methyl sites for hydroxylation is 2. The molecule has 1 amide bonds. The molecule has 3 aliphatic rings. The van der Waals surface area contributed by atoms with E-state index in [9.17, 15) is 13.2 Å². The van der Waals surface area contributed by atoms with Crippen LogP contribution >= 0.6 is 0 Å². The van der Waals surface area contributed by atoms with Crippen molar-refractivity contribution in [1.29, 1.82) is 0 Å². The molecule has 154 valence electrons. The molecule has 1 saturated heterocycles. The molecule has 1 heterocycles. The van der Waals surface area contributed by atoms with E-state index in [-0.39, 0.29) is 11.8 Å². The number of hydrogen-bond donors (Lipinski definition) is 1. The van der Waals surface area contributed by atoms with E-state index in [0.717, 1.165) is 32.1 Å². The lowest BCUT2D eigenvalue weighted by Gasteiger charge is -2.32. The molecule has 28 heavy (non-hydrogen) atoms. The molecule has 0 radical (unpaired) electrons. The van der Waals surface area contributed by atoms with Crippen LogP contribution in [0.15, 0.2) is 23.1 Å². The second-order valence-corrected chi connectivity index (χ2v) is 10.6. The Morgan fingerprint density at radius 2 is 1.57 bits per heavy atom. The summed E-state index contributed by atoms with van der Waals surface area (Å²) in [6, 6.07) is 5.96. The lowest BCUT2D eigenvalue weighted by Crippen LogP contribution is -2.45. The van der Waals surface area contributed by atoms with E-state index in [1.165, 1.54) is 36.8 Å². The number of nitrogens with one attached hydrogen (secondary N) is 1. The van der Waals surface area contributed by atoms with E-state index in [1.54, 1.807) is 10.4 Å². The summed E-state index contributed by atoms with van der Waals surface area (Å²) in [4.78, 5) is 13.0. The lowest BCUT2D eigenvalue weighted by molar-refractivity contribution is -0.127. The maximum absolute atomic E-state index is 13.1. The van der Waals surface area contributed by atoms with Crippen molar-refractivity contribution in [2.75, 3.05) is 13.1 Å². The number of rotatable bonds is 4. The SMILES string of the molecule is O=C(NC1CCCCC1)C1CCN(S(=O)(=O)c2ccc3c(c2)CCCC3)CC1. The summed E-state index contributed by atoms with van der Waals surface area (Å²) in [6.07, 6.45) is 11.4. The normalized spacial score (nSPS) is 22.6. The molecule has 0 unspecified atom stereocenters. The summed E-state index contributed by atoms with van der Waals surface area (Å²) in [5.41, 5.74) is 2.48. The summed E-state index contributed by atoms with van der Waals surface area (Å²) in [7, 11) is -3.47. The van der Waals surface area contributed by atoms with Gasteiger partial charge in [0.1, 0.15) is 0 Å². The summed E-state index contributed by atoms with van der Waals surface area (Å²) < 4.78 is 27.8. The van der Waals surface area contributed by atoms with Gasteiger partial charge < -0.3 is 5.32 Å². The van der Waals surface area contributed by atoms with Crippen LogP contribution in [0.2, 0.25) is 0 Å².